The van der Waals surface area contributed by atoms with Crippen molar-refractivity contribution in [1.29, 1.82) is 0 Å². The van der Waals surface area contributed by atoms with Gasteiger partial charge in [0.05, 0.1) is 6.20 Å². The molecule has 1 heterocycles. The average molecular weight is 168 g/mol. The predicted octanol–water partition coefficient (Wildman–Crippen LogP) is 2.94. The van der Waals surface area contributed by atoms with E-state index < -0.39 is 0 Å². The second-order valence-electron chi connectivity index (χ2n) is 3.13. The zero-order valence-electron chi connectivity index (χ0n) is 8.81. The number of aryl methyl sites for hydroxylation is 1. The van der Waals surface area contributed by atoms with Gasteiger partial charge in [-0.15, -0.1) is 0 Å². The number of hydrogen-bond acceptors (Lipinski definition) is 1. The van der Waals surface area contributed by atoms with Crippen LogP contribution in [-0.2, 0) is 6.42 Å². The molecule has 2 heteroatoms. The van der Waals surface area contributed by atoms with E-state index in [1.807, 2.05) is 20.0 Å². The largest absolute Gasteiger partial charge is 0.282 e. The Morgan fingerprint density at radius 3 is 2.33 bits per heavy atom. The Kier molecular flexibility index (Phi) is 5.43. The molecule has 12 heavy (non-hydrogen) atoms. The van der Waals surface area contributed by atoms with Crippen molar-refractivity contribution in [2.45, 2.75) is 41.0 Å². The summed E-state index contributed by atoms with van der Waals surface area (Å²) in [5.41, 5.74) is 2.55. The molecule has 0 aliphatic carbocycles. The lowest BCUT2D eigenvalue weighted by Crippen LogP contribution is -1.95. The lowest BCUT2D eigenvalue weighted by atomic mass is 10.1. The van der Waals surface area contributed by atoms with Crippen LogP contribution < -0.4 is 0 Å². The highest BCUT2D eigenvalue weighted by Crippen LogP contribution is 2.08. The molecule has 0 spiro atoms. The Bertz CT molecular complexity index is 201. The number of hydrogen-bond donors (Lipinski definition) is 1. The minimum atomic E-state index is 0.708. The Morgan fingerprint density at radius 1 is 1.42 bits per heavy atom. The molecule has 0 atom stereocenters. The molecule has 0 amide bonds. The van der Waals surface area contributed by atoms with Crippen LogP contribution in [0, 0.1) is 12.8 Å². The van der Waals surface area contributed by atoms with Gasteiger partial charge in [0.25, 0.3) is 0 Å². The summed E-state index contributed by atoms with van der Waals surface area (Å²) in [6.45, 7) is 10.5. The van der Waals surface area contributed by atoms with Crippen LogP contribution in [0.4, 0.5) is 0 Å². The summed E-state index contributed by atoms with van der Waals surface area (Å²) in [7, 11) is 0. The maximum atomic E-state index is 3.95. The Balaban J connectivity index is 0.000000561. The van der Waals surface area contributed by atoms with Gasteiger partial charge in [-0.3, -0.25) is 5.10 Å². The quantitative estimate of drug-likeness (QED) is 0.722. The third-order valence-electron chi connectivity index (χ3n) is 1.55. The van der Waals surface area contributed by atoms with E-state index in [4.69, 9.17) is 0 Å². The van der Waals surface area contributed by atoms with Crippen LogP contribution >= 0.6 is 0 Å². The van der Waals surface area contributed by atoms with E-state index in [-0.39, 0.29) is 0 Å². The maximum Gasteiger partial charge on any atom is 0.0519 e. The fraction of sp³-hybridized carbons (Fsp3) is 0.700. The molecule has 0 aromatic carbocycles. The van der Waals surface area contributed by atoms with Crippen molar-refractivity contribution in [2.24, 2.45) is 5.92 Å². The fourth-order valence-corrected chi connectivity index (χ4v) is 0.988. The first-order valence-corrected chi connectivity index (χ1v) is 4.69. The monoisotopic (exact) mass is 168 g/mol. The van der Waals surface area contributed by atoms with Crippen molar-refractivity contribution in [2.75, 3.05) is 0 Å². The number of aromatic amines is 1. The van der Waals surface area contributed by atoms with Gasteiger partial charge in [0.1, 0.15) is 0 Å². The molecule has 70 valence electrons. The Hall–Kier alpha value is -0.790. The molecule has 1 aromatic rings. The molecule has 1 aromatic heterocycles. The standard InChI is InChI=1S/C8H14N2.C2H6/c1-6(2)4-8-7(3)5-9-10-8;1-2/h5-6H,4H2,1-3H3,(H,9,10);1-2H3. The molecular formula is C10H20N2. The topological polar surface area (TPSA) is 28.7 Å². The van der Waals surface area contributed by atoms with Crippen molar-refractivity contribution in [3.05, 3.63) is 17.5 Å². The van der Waals surface area contributed by atoms with Gasteiger partial charge in [-0.25, -0.2) is 0 Å². The lowest BCUT2D eigenvalue weighted by Gasteiger charge is -2.01. The summed E-state index contributed by atoms with van der Waals surface area (Å²) in [5.74, 6) is 0.708. The average Bonchev–Trinajstić information content (AvgIpc) is 2.40. The molecule has 0 unspecified atom stereocenters. The summed E-state index contributed by atoms with van der Waals surface area (Å²) in [5, 5.41) is 6.94. The molecule has 0 saturated carbocycles. The minimum Gasteiger partial charge on any atom is -0.282 e. The van der Waals surface area contributed by atoms with Gasteiger partial charge in [-0.2, -0.15) is 5.10 Å². The van der Waals surface area contributed by atoms with Crippen molar-refractivity contribution >= 4 is 0 Å². The second-order valence-corrected chi connectivity index (χ2v) is 3.13. The van der Waals surface area contributed by atoms with Crippen molar-refractivity contribution in [3.8, 4) is 0 Å². The Labute approximate surface area is 75.4 Å². The van der Waals surface area contributed by atoms with Crippen LogP contribution in [0.15, 0.2) is 6.20 Å². The van der Waals surface area contributed by atoms with Crippen LogP contribution in [0.3, 0.4) is 0 Å². The smallest absolute Gasteiger partial charge is 0.0519 e. The van der Waals surface area contributed by atoms with E-state index in [1.54, 1.807) is 0 Å². The summed E-state index contributed by atoms with van der Waals surface area (Å²) in [6, 6.07) is 0. The molecule has 2 nitrogen and oxygen atoms in total. The van der Waals surface area contributed by atoms with Gasteiger partial charge in [0, 0.05) is 5.69 Å². The zero-order chi connectivity index (χ0) is 9.56. The highest BCUT2D eigenvalue weighted by molar-refractivity contribution is 5.13. The highest BCUT2D eigenvalue weighted by atomic mass is 15.1. The van der Waals surface area contributed by atoms with Gasteiger partial charge in [-0.05, 0) is 24.8 Å². The maximum absolute atomic E-state index is 3.95. The first kappa shape index (κ1) is 11.2. The zero-order valence-corrected chi connectivity index (χ0v) is 8.81. The van der Waals surface area contributed by atoms with Gasteiger partial charge in [0.2, 0.25) is 0 Å². The Morgan fingerprint density at radius 2 is 2.00 bits per heavy atom. The summed E-state index contributed by atoms with van der Waals surface area (Å²) in [4.78, 5) is 0. The number of nitrogens with one attached hydrogen (secondary N) is 1. The molecule has 0 bridgehead atoms. The van der Waals surface area contributed by atoms with E-state index in [9.17, 15) is 0 Å². The highest BCUT2D eigenvalue weighted by Gasteiger charge is 2.01. The van der Waals surface area contributed by atoms with Crippen LogP contribution in [-0.4, -0.2) is 10.2 Å². The molecule has 0 radical (unpaired) electrons. The number of H-pyrrole nitrogens is 1. The molecular weight excluding hydrogens is 148 g/mol. The van der Waals surface area contributed by atoms with Crippen LogP contribution in [0.5, 0.6) is 0 Å². The van der Waals surface area contributed by atoms with E-state index in [0.29, 0.717) is 5.92 Å². The lowest BCUT2D eigenvalue weighted by molar-refractivity contribution is 0.631. The molecule has 1 N–H and O–H groups in total. The van der Waals surface area contributed by atoms with Gasteiger partial charge >= 0.3 is 0 Å². The molecule has 0 fully saturated rings. The first-order chi connectivity index (χ1) is 5.70. The van der Waals surface area contributed by atoms with Gasteiger partial charge < -0.3 is 0 Å². The molecule has 0 aliphatic heterocycles. The van der Waals surface area contributed by atoms with Crippen LogP contribution in [0.1, 0.15) is 39.0 Å². The van der Waals surface area contributed by atoms with Crippen LogP contribution in [0.2, 0.25) is 0 Å². The summed E-state index contributed by atoms with van der Waals surface area (Å²) < 4.78 is 0. The third-order valence-corrected chi connectivity index (χ3v) is 1.55. The molecule has 0 aliphatic rings. The third kappa shape index (κ3) is 3.56. The van der Waals surface area contributed by atoms with Crippen molar-refractivity contribution in [3.63, 3.8) is 0 Å². The molecule has 0 saturated heterocycles. The SMILES string of the molecule is CC.Cc1cn[nH]c1CC(C)C. The summed E-state index contributed by atoms with van der Waals surface area (Å²) in [6.07, 6.45) is 2.98. The van der Waals surface area contributed by atoms with Gasteiger partial charge in [0.15, 0.2) is 0 Å². The number of rotatable bonds is 2. The predicted molar refractivity (Wildman–Crippen MR) is 53.2 cm³/mol. The van der Waals surface area contributed by atoms with E-state index in [2.05, 4.69) is 31.0 Å². The fourth-order valence-electron chi connectivity index (χ4n) is 0.988. The minimum absolute atomic E-state index is 0.708. The summed E-state index contributed by atoms with van der Waals surface area (Å²) >= 11 is 0. The van der Waals surface area contributed by atoms with E-state index in [1.165, 1.54) is 11.3 Å². The normalized spacial score (nSPS) is 9.50. The van der Waals surface area contributed by atoms with Crippen molar-refractivity contribution in [1.82, 2.24) is 10.2 Å². The second kappa shape index (κ2) is 5.81. The number of nitrogens with zero attached hydrogens (tertiary/aromatic N) is 1. The van der Waals surface area contributed by atoms with E-state index in [0.717, 1.165) is 6.42 Å². The molecule has 1 rings (SSSR count). The number of aromatic nitrogens is 2. The van der Waals surface area contributed by atoms with Crippen LogP contribution in [0.25, 0.3) is 0 Å². The first-order valence-electron chi connectivity index (χ1n) is 4.69. The van der Waals surface area contributed by atoms with Gasteiger partial charge in [-0.1, -0.05) is 27.7 Å². The van der Waals surface area contributed by atoms with E-state index >= 15 is 0 Å². The van der Waals surface area contributed by atoms with Crippen molar-refractivity contribution < 1.29 is 0 Å².